The highest BCUT2D eigenvalue weighted by atomic mass is 32.2. The van der Waals surface area contributed by atoms with Crippen LogP contribution < -0.4 is 10.6 Å². The third-order valence-electron chi connectivity index (χ3n) is 4.91. The number of hydrogen-bond donors (Lipinski definition) is 2. The molecule has 26 heavy (non-hydrogen) atoms. The Bertz CT molecular complexity index is 580. The maximum absolute atomic E-state index is 5.41. The summed E-state index contributed by atoms with van der Waals surface area (Å²) in [5, 5.41) is 16.0. The van der Waals surface area contributed by atoms with Crippen molar-refractivity contribution in [3.05, 3.63) is 11.6 Å². The second kappa shape index (κ2) is 10.1. The van der Waals surface area contributed by atoms with Crippen LogP contribution in [0.15, 0.2) is 4.99 Å². The van der Waals surface area contributed by atoms with Crippen molar-refractivity contribution in [3.8, 4) is 0 Å². The van der Waals surface area contributed by atoms with Gasteiger partial charge in [0, 0.05) is 45.0 Å². The predicted molar refractivity (Wildman–Crippen MR) is 106 cm³/mol. The van der Waals surface area contributed by atoms with Gasteiger partial charge in [0.2, 0.25) is 0 Å². The quantitative estimate of drug-likeness (QED) is 0.522. The van der Waals surface area contributed by atoms with Crippen molar-refractivity contribution < 1.29 is 4.74 Å². The normalized spacial score (nSPS) is 21.9. The highest BCUT2D eigenvalue weighted by molar-refractivity contribution is 8.00. The lowest BCUT2D eigenvalue weighted by atomic mass is 10.2. The molecule has 8 nitrogen and oxygen atoms in total. The Hall–Kier alpha value is -1.32. The van der Waals surface area contributed by atoms with E-state index in [0.717, 1.165) is 63.5 Å². The maximum Gasteiger partial charge on any atom is 0.191 e. The highest BCUT2D eigenvalue weighted by Crippen LogP contribution is 2.25. The van der Waals surface area contributed by atoms with E-state index in [1.807, 2.05) is 18.5 Å². The van der Waals surface area contributed by atoms with Crippen LogP contribution in [0.25, 0.3) is 0 Å². The van der Waals surface area contributed by atoms with E-state index < -0.39 is 0 Å². The van der Waals surface area contributed by atoms with Crippen LogP contribution >= 0.6 is 11.8 Å². The number of nitrogens with zero attached hydrogens (tertiary/aromatic N) is 5. The molecule has 0 spiro atoms. The average molecular weight is 382 g/mol. The van der Waals surface area contributed by atoms with Gasteiger partial charge in [0.15, 0.2) is 11.8 Å². The smallest absolute Gasteiger partial charge is 0.191 e. The van der Waals surface area contributed by atoms with Gasteiger partial charge in [-0.15, -0.1) is 10.2 Å². The van der Waals surface area contributed by atoms with E-state index in [1.165, 1.54) is 18.6 Å². The molecule has 2 saturated heterocycles. The van der Waals surface area contributed by atoms with Gasteiger partial charge < -0.3 is 19.9 Å². The summed E-state index contributed by atoms with van der Waals surface area (Å²) in [5.41, 5.74) is 0. The number of thioether (sulfide) groups is 1. The summed E-state index contributed by atoms with van der Waals surface area (Å²) < 4.78 is 7.40. The minimum absolute atomic E-state index is 0.530. The Morgan fingerprint density at radius 1 is 1.31 bits per heavy atom. The number of nitrogens with one attached hydrogen (secondary N) is 2. The first-order valence-corrected chi connectivity index (χ1v) is 10.6. The van der Waals surface area contributed by atoms with Gasteiger partial charge in [0.1, 0.15) is 12.4 Å². The molecule has 0 aromatic carbocycles. The SMILES string of the molecule is Cc1nnc(CN=C(NCCN2CCOCC2)NCC2CCCS2)n1C. The Morgan fingerprint density at radius 2 is 2.15 bits per heavy atom. The van der Waals surface area contributed by atoms with E-state index in [4.69, 9.17) is 9.73 Å². The standard InChI is InChI=1S/C17H31N7OS/c1-14-21-22-16(23(14)2)13-20-17(19-12-15-4-3-11-26-15)18-5-6-24-7-9-25-10-8-24/h15H,3-13H2,1-2H3,(H2,18,19,20). The molecule has 0 radical (unpaired) electrons. The molecule has 2 N–H and O–H groups in total. The minimum atomic E-state index is 0.530. The molecule has 146 valence electrons. The number of aryl methyl sites for hydroxylation is 1. The average Bonchev–Trinajstić information content (AvgIpc) is 3.29. The van der Waals surface area contributed by atoms with Gasteiger partial charge in [0.25, 0.3) is 0 Å². The molecule has 1 aromatic rings. The van der Waals surface area contributed by atoms with E-state index in [-0.39, 0.29) is 0 Å². The van der Waals surface area contributed by atoms with Crippen LogP contribution in [0.2, 0.25) is 0 Å². The number of morpholine rings is 1. The molecule has 2 aliphatic rings. The van der Waals surface area contributed by atoms with Crippen LogP contribution in [-0.4, -0.2) is 82.6 Å². The molecule has 1 atom stereocenters. The van der Waals surface area contributed by atoms with Crippen molar-refractivity contribution in [3.63, 3.8) is 0 Å². The molecule has 1 unspecified atom stereocenters. The first kappa shape index (κ1) is 19.4. The summed E-state index contributed by atoms with van der Waals surface area (Å²) in [6.45, 7) is 9.03. The van der Waals surface area contributed by atoms with Gasteiger partial charge in [-0.2, -0.15) is 11.8 Å². The van der Waals surface area contributed by atoms with Crippen LogP contribution in [0.5, 0.6) is 0 Å². The number of guanidine groups is 1. The molecule has 0 amide bonds. The zero-order valence-corrected chi connectivity index (χ0v) is 16.7. The number of aromatic nitrogens is 3. The Labute approximate surface area is 160 Å². The van der Waals surface area contributed by atoms with Crippen molar-refractivity contribution in [2.75, 3.05) is 51.7 Å². The van der Waals surface area contributed by atoms with Gasteiger partial charge in [0.05, 0.1) is 13.2 Å². The molecule has 0 aliphatic carbocycles. The highest BCUT2D eigenvalue weighted by Gasteiger charge is 2.16. The number of ether oxygens (including phenoxy) is 1. The topological polar surface area (TPSA) is 79.6 Å². The fourth-order valence-corrected chi connectivity index (χ4v) is 4.29. The van der Waals surface area contributed by atoms with Gasteiger partial charge in [-0.3, -0.25) is 4.90 Å². The number of aliphatic imine (C=N–C) groups is 1. The molecule has 3 heterocycles. The third-order valence-corrected chi connectivity index (χ3v) is 6.30. The third kappa shape index (κ3) is 5.85. The minimum Gasteiger partial charge on any atom is -0.379 e. The first-order valence-electron chi connectivity index (χ1n) is 9.51. The molecule has 0 bridgehead atoms. The van der Waals surface area contributed by atoms with Crippen LogP contribution in [0, 0.1) is 6.92 Å². The van der Waals surface area contributed by atoms with E-state index in [9.17, 15) is 0 Å². The maximum atomic E-state index is 5.41. The Balaban J connectivity index is 1.51. The van der Waals surface area contributed by atoms with E-state index in [2.05, 4.69) is 37.5 Å². The Morgan fingerprint density at radius 3 is 2.85 bits per heavy atom. The van der Waals surface area contributed by atoms with Gasteiger partial charge in [-0.1, -0.05) is 0 Å². The van der Waals surface area contributed by atoms with Crippen molar-refractivity contribution in [2.24, 2.45) is 12.0 Å². The van der Waals surface area contributed by atoms with Crippen LogP contribution in [-0.2, 0) is 18.3 Å². The lowest BCUT2D eigenvalue weighted by Crippen LogP contribution is -2.45. The molecule has 9 heteroatoms. The second-order valence-corrected chi connectivity index (χ2v) is 8.19. The fourth-order valence-electron chi connectivity index (χ4n) is 3.09. The Kier molecular flexibility index (Phi) is 7.57. The van der Waals surface area contributed by atoms with Crippen LogP contribution in [0.1, 0.15) is 24.5 Å². The van der Waals surface area contributed by atoms with Gasteiger partial charge >= 0.3 is 0 Å². The first-order chi connectivity index (χ1) is 12.7. The largest absolute Gasteiger partial charge is 0.379 e. The zero-order chi connectivity index (χ0) is 18.2. The fraction of sp³-hybridized carbons (Fsp3) is 0.824. The lowest BCUT2D eigenvalue weighted by molar-refractivity contribution is 0.0389. The zero-order valence-electron chi connectivity index (χ0n) is 15.9. The molecular formula is C17H31N7OS. The molecule has 2 aliphatic heterocycles. The summed E-state index contributed by atoms with van der Waals surface area (Å²) in [5.74, 6) is 3.94. The summed E-state index contributed by atoms with van der Waals surface area (Å²) in [6.07, 6.45) is 2.62. The lowest BCUT2D eigenvalue weighted by Gasteiger charge is -2.26. The van der Waals surface area contributed by atoms with E-state index in [0.29, 0.717) is 11.8 Å². The predicted octanol–water partition coefficient (Wildman–Crippen LogP) is 0.387. The second-order valence-electron chi connectivity index (χ2n) is 6.78. The van der Waals surface area contributed by atoms with Crippen molar-refractivity contribution >= 4 is 17.7 Å². The van der Waals surface area contributed by atoms with Gasteiger partial charge in [-0.25, -0.2) is 4.99 Å². The summed E-state index contributed by atoms with van der Waals surface area (Å²) in [6, 6.07) is 0. The van der Waals surface area contributed by atoms with Crippen LogP contribution in [0.4, 0.5) is 0 Å². The van der Waals surface area contributed by atoms with E-state index in [1.54, 1.807) is 0 Å². The molecule has 3 rings (SSSR count). The summed E-state index contributed by atoms with van der Waals surface area (Å²) >= 11 is 2.06. The number of hydrogen-bond acceptors (Lipinski definition) is 6. The molecular weight excluding hydrogens is 350 g/mol. The molecule has 2 fully saturated rings. The van der Waals surface area contributed by atoms with Crippen LogP contribution in [0.3, 0.4) is 0 Å². The van der Waals surface area contributed by atoms with Crippen molar-refractivity contribution in [1.82, 2.24) is 30.3 Å². The summed E-state index contributed by atoms with van der Waals surface area (Å²) in [4.78, 5) is 7.15. The van der Waals surface area contributed by atoms with Crippen molar-refractivity contribution in [2.45, 2.75) is 31.6 Å². The van der Waals surface area contributed by atoms with E-state index >= 15 is 0 Å². The monoisotopic (exact) mass is 381 g/mol. The number of rotatable bonds is 7. The molecule has 1 aromatic heterocycles. The van der Waals surface area contributed by atoms with Gasteiger partial charge in [-0.05, 0) is 25.5 Å². The molecule has 0 saturated carbocycles. The van der Waals surface area contributed by atoms with Crippen molar-refractivity contribution in [1.29, 1.82) is 0 Å². The summed E-state index contributed by atoms with van der Waals surface area (Å²) in [7, 11) is 1.98.